The molecule has 128 valence electrons. The minimum atomic E-state index is -3.20. The zero-order valence-corrected chi connectivity index (χ0v) is 14.2. The molecule has 1 aromatic rings. The summed E-state index contributed by atoms with van der Waals surface area (Å²) in [5, 5.41) is 2.81. The van der Waals surface area contributed by atoms with Gasteiger partial charge in [-0.25, -0.2) is 8.42 Å². The number of carbonyl (C=O) groups excluding carboxylic acids is 1. The molecule has 23 heavy (non-hydrogen) atoms. The molecule has 0 aliphatic heterocycles. The summed E-state index contributed by atoms with van der Waals surface area (Å²) in [5.41, 5.74) is 5.40. The number of carbonyl (C=O) groups is 1. The number of rotatable bonds is 6. The van der Waals surface area contributed by atoms with Gasteiger partial charge in [0.25, 0.3) is 0 Å². The van der Waals surface area contributed by atoms with Crippen molar-refractivity contribution in [1.82, 2.24) is 5.32 Å². The van der Waals surface area contributed by atoms with Crippen LogP contribution in [0.25, 0.3) is 0 Å². The molecule has 2 rings (SSSR count). The first-order valence-corrected chi connectivity index (χ1v) is 9.70. The lowest BCUT2D eigenvalue weighted by molar-refractivity contribution is -0.127. The van der Waals surface area contributed by atoms with Gasteiger partial charge in [-0.15, -0.1) is 0 Å². The molecule has 1 aliphatic carbocycles. The molecule has 3 N–H and O–H groups in total. The van der Waals surface area contributed by atoms with Gasteiger partial charge >= 0.3 is 0 Å². The lowest BCUT2D eigenvalue weighted by Gasteiger charge is -2.31. The van der Waals surface area contributed by atoms with Crippen molar-refractivity contribution in [1.29, 1.82) is 0 Å². The zero-order chi connectivity index (χ0) is 16.9. The maximum absolute atomic E-state index is 12.1. The fraction of sp³-hybridized carbons (Fsp3) is 0.562. The van der Waals surface area contributed by atoms with Gasteiger partial charge in [0.2, 0.25) is 5.91 Å². The molecular formula is C16H24N2O4S. The van der Waals surface area contributed by atoms with Crippen molar-refractivity contribution < 1.29 is 17.9 Å². The van der Waals surface area contributed by atoms with Crippen LogP contribution in [0.3, 0.4) is 0 Å². The Bertz CT molecular complexity index is 635. The third kappa shape index (κ3) is 4.94. The van der Waals surface area contributed by atoms with Crippen LogP contribution in [0.2, 0.25) is 0 Å². The highest BCUT2D eigenvalue weighted by Crippen LogP contribution is 2.25. The van der Waals surface area contributed by atoms with Gasteiger partial charge < -0.3 is 15.8 Å². The van der Waals surface area contributed by atoms with Gasteiger partial charge in [-0.1, -0.05) is 19.3 Å². The lowest BCUT2D eigenvalue weighted by atomic mass is 9.82. The first kappa shape index (κ1) is 17.7. The van der Waals surface area contributed by atoms with Crippen LogP contribution in [0.4, 0.5) is 0 Å². The Morgan fingerprint density at radius 1 is 1.22 bits per heavy atom. The van der Waals surface area contributed by atoms with Crippen LogP contribution < -0.4 is 15.8 Å². The van der Waals surface area contributed by atoms with Gasteiger partial charge in [0.05, 0.1) is 17.0 Å². The van der Waals surface area contributed by atoms with Crippen LogP contribution in [0.1, 0.15) is 32.1 Å². The van der Waals surface area contributed by atoms with E-state index in [0.29, 0.717) is 18.9 Å². The van der Waals surface area contributed by atoms with Crippen molar-refractivity contribution in [3.63, 3.8) is 0 Å². The van der Waals surface area contributed by atoms with E-state index in [1.165, 1.54) is 12.1 Å². The molecule has 1 saturated carbocycles. The van der Waals surface area contributed by atoms with Crippen molar-refractivity contribution in [2.45, 2.75) is 42.5 Å². The Labute approximate surface area is 137 Å². The van der Waals surface area contributed by atoms with Gasteiger partial charge in [0.1, 0.15) is 12.4 Å². The molecule has 7 heteroatoms. The van der Waals surface area contributed by atoms with Crippen molar-refractivity contribution in [3.05, 3.63) is 24.3 Å². The Morgan fingerprint density at radius 3 is 2.39 bits per heavy atom. The molecule has 0 bridgehead atoms. The number of hydrogen-bond acceptors (Lipinski definition) is 5. The summed E-state index contributed by atoms with van der Waals surface area (Å²) in [5.74, 6) is 0.444. The summed E-state index contributed by atoms with van der Waals surface area (Å²) < 4.78 is 28.2. The smallest absolute Gasteiger partial charge is 0.240 e. The lowest BCUT2D eigenvalue weighted by Crippen LogP contribution is -2.55. The maximum Gasteiger partial charge on any atom is 0.240 e. The Morgan fingerprint density at radius 2 is 1.83 bits per heavy atom. The number of benzene rings is 1. The quantitative estimate of drug-likeness (QED) is 0.759. The molecule has 1 fully saturated rings. The van der Waals surface area contributed by atoms with E-state index < -0.39 is 15.4 Å². The first-order valence-electron chi connectivity index (χ1n) is 7.81. The second-order valence-corrected chi connectivity index (χ2v) is 8.08. The SMILES string of the molecule is CS(=O)(=O)c1ccc(OCCNC(=O)C2(N)CCCCC2)cc1. The number of ether oxygens (including phenoxy) is 1. The average molecular weight is 340 g/mol. The summed E-state index contributed by atoms with van der Waals surface area (Å²) in [6, 6.07) is 6.20. The highest BCUT2D eigenvalue weighted by Gasteiger charge is 2.34. The number of sulfone groups is 1. The summed E-state index contributed by atoms with van der Waals surface area (Å²) in [6.07, 6.45) is 5.74. The number of nitrogens with one attached hydrogen (secondary N) is 1. The van der Waals surface area contributed by atoms with Gasteiger partial charge in [0.15, 0.2) is 9.84 Å². The van der Waals surface area contributed by atoms with Crippen LogP contribution in [0.5, 0.6) is 5.75 Å². The van der Waals surface area contributed by atoms with Crippen LogP contribution >= 0.6 is 0 Å². The minimum Gasteiger partial charge on any atom is -0.492 e. The second kappa shape index (κ2) is 7.31. The number of amides is 1. The molecular weight excluding hydrogens is 316 g/mol. The van der Waals surface area contributed by atoms with Crippen molar-refractivity contribution in [2.75, 3.05) is 19.4 Å². The summed E-state index contributed by atoms with van der Waals surface area (Å²) in [6.45, 7) is 0.672. The van der Waals surface area contributed by atoms with E-state index in [4.69, 9.17) is 10.5 Å². The Kier molecular flexibility index (Phi) is 5.64. The molecule has 0 aromatic heterocycles. The normalized spacial score (nSPS) is 17.5. The number of nitrogens with two attached hydrogens (primary N) is 1. The van der Waals surface area contributed by atoms with Crippen LogP contribution in [-0.2, 0) is 14.6 Å². The maximum atomic E-state index is 12.1. The van der Waals surface area contributed by atoms with E-state index in [2.05, 4.69) is 5.32 Å². The van der Waals surface area contributed by atoms with E-state index >= 15 is 0 Å². The Hall–Kier alpha value is -1.60. The monoisotopic (exact) mass is 340 g/mol. The Balaban J connectivity index is 1.76. The van der Waals surface area contributed by atoms with Gasteiger partial charge in [-0.05, 0) is 37.1 Å². The molecule has 0 atom stereocenters. The summed E-state index contributed by atoms with van der Waals surface area (Å²) in [4.78, 5) is 12.4. The highest BCUT2D eigenvalue weighted by atomic mass is 32.2. The first-order chi connectivity index (χ1) is 10.8. The summed E-state index contributed by atoms with van der Waals surface area (Å²) in [7, 11) is -3.20. The fourth-order valence-corrected chi connectivity index (χ4v) is 3.33. The molecule has 1 amide bonds. The van der Waals surface area contributed by atoms with Crippen molar-refractivity contribution in [2.24, 2.45) is 5.73 Å². The zero-order valence-electron chi connectivity index (χ0n) is 13.4. The molecule has 1 aromatic carbocycles. The molecule has 0 saturated heterocycles. The van der Waals surface area contributed by atoms with Crippen molar-refractivity contribution in [3.8, 4) is 5.75 Å². The highest BCUT2D eigenvalue weighted by molar-refractivity contribution is 7.90. The standard InChI is InChI=1S/C16H24N2O4S/c1-23(20,21)14-7-5-13(6-8-14)22-12-11-18-15(19)16(17)9-3-2-4-10-16/h5-8H,2-4,9-12,17H2,1H3,(H,18,19). The average Bonchev–Trinajstić information content (AvgIpc) is 2.51. The molecule has 0 heterocycles. The predicted molar refractivity (Wildman–Crippen MR) is 88.1 cm³/mol. The van der Waals surface area contributed by atoms with Crippen LogP contribution in [0, 0.1) is 0 Å². The topological polar surface area (TPSA) is 98.5 Å². The van der Waals surface area contributed by atoms with Gasteiger partial charge in [0, 0.05) is 6.26 Å². The molecule has 1 aliphatic rings. The molecule has 6 nitrogen and oxygen atoms in total. The van der Waals surface area contributed by atoms with E-state index in [9.17, 15) is 13.2 Å². The van der Waals surface area contributed by atoms with E-state index in [1.807, 2.05) is 0 Å². The third-order valence-corrected chi connectivity index (χ3v) is 5.23. The largest absolute Gasteiger partial charge is 0.492 e. The van der Waals surface area contributed by atoms with E-state index in [-0.39, 0.29) is 10.8 Å². The van der Waals surface area contributed by atoms with E-state index in [0.717, 1.165) is 38.4 Å². The van der Waals surface area contributed by atoms with Crippen LogP contribution in [-0.4, -0.2) is 39.3 Å². The van der Waals surface area contributed by atoms with Gasteiger partial charge in [-0.2, -0.15) is 0 Å². The predicted octanol–water partition coefficient (Wildman–Crippen LogP) is 1.25. The second-order valence-electron chi connectivity index (χ2n) is 6.06. The third-order valence-electron chi connectivity index (χ3n) is 4.11. The molecule has 0 radical (unpaired) electrons. The van der Waals surface area contributed by atoms with E-state index in [1.54, 1.807) is 12.1 Å². The fourth-order valence-electron chi connectivity index (χ4n) is 2.70. The van der Waals surface area contributed by atoms with Crippen molar-refractivity contribution >= 4 is 15.7 Å². The van der Waals surface area contributed by atoms with Crippen LogP contribution in [0.15, 0.2) is 29.2 Å². The number of hydrogen-bond donors (Lipinski definition) is 2. The minimum absolute atomic E-state index is 0.117. The van der Waals surface area contributed by atoms with Gasteiger partial charge in [-0.3, -0.25) is 4.79 Å². The summed E-state index contributed by atoms with van der Waals surface area (Å²) >= 11 is 0. The molecule has 0 unspecified atom stereocenters. The molecule has 0 spiro atoms.